The molecule has 322 valence electrons. The van der Waals surface area contributed by atoms with Gasteiger partial charge in [0.05, 0.1) is 11.4 Å². The number of hydrogen-bond donors (Lipinski definition) is 0. The summed E-state index contributed by atoms with van der Waals surface area (Å²) in [5, 5.41) is 0. The number of nitrogens with zero attached hydrogens (tertiary/aromatic N) is 2. The lowest BCUT2D eigenvalue weighted by Crippen LogP contribution is -2.23. The quantitative estimate of drug-likeness (QED) is 0.160. The molecule has 0 radical (unpaired) electrons. The van der Waals surface area contributed by atoms with Crippen LogP contribution in [0.1, 0.15) is 74.6 Å². The van der Waals surface area contributed by atoms with Gasteiger partial charge in [-0.3, -0.25) is 0 Å². The van der Waals surface area contributed by atoms with Crippen molar-refractivity contribution in [3.63, 3.8) is 0 Å². The van der Waals surface area contributed by atoms with E-state index >= 15 is 0 Å². The maximum absolute atomic E-state index is 5.55. The molecule has 0 aliphatic heterocycles. The fraction of sp³-hybridized carbons (Fsp3) is 0.138. The Balaban J connectivity index is 0.974. The maximum atomic E-state index is 5.55. The van der Waals surface area contributed by atoms with Gasteiger partial charge in [-0.05, 0) is 120 Å². The van der Waals surface area contributed by atoms with Crippen LogP contribution in [0, 0.1) is 0 Å². The second-order valence-electron chi connectivity index (χ2n) is 20.0. The van der Waals surface area contributed by atoms with E-state index in [-0.39, 0.29) is 16.2 Å². The second-order valence-corrected chi connectivity index (χ2v) is 20.0. The Morgan fingerprint density at radius 2 is 0.851 bits per heavy atom. The average molecular weight is 861 g/mol. The summed E-state index contributed by atoms with van der Waals surface area (Å²) in [6.07, 6.45) is 7.98. The van der Waals surface area contributed by atoms with Crippen molar-refractivity contribution in [1.82, 2.24) is 9.97 Å². The number of aromatic nitrogens is 2. The van der Waals surface area contributed by atoms with E-state index < -0.39 is 0 Å². The fourth-order valence-corrected chi connectivity index (χ4v) is 11.5. The highest BCUT2D eigenvalue weighted by Crippen LogP contribution is 2.53. The van der Waals surface area contributed by atoms with E-state index in [0.29, 0.717) is 0 Å². The molecule has 1 atom stereocenters. The minimum atomic E-state index is -0.378. The molecule has 0 N–H and O–H groups in total. The average Bonchev–Trinajstić information content (AvgIpc) is 3.77. The smallest absolute Gasteiger partial charge is 0.160 e. The molecule has 67 heavy (non-hydrogen) atoms. The molecule has 0 saturated carbocycles. The molecule has 0 bridgehead atoms. The van der Waals surface area contributed by atoms with E-state index in [1.54, 1.807) is 0 Å². The topological polar surface area (TPSA) is 25.8 Å². The van der Waals surface area contributed by atoms with E-state index in [0.717, 1.165) is 57.0 Å². The third-order valence-corrected chi connectivity index (χ3v) is 15.1. The van der Waals surface area contributed by atoms with Gasteiger partial charge in [0.25, 0.3) is 0 Å². The van der Waals surface area contributed by atoms with Crippen LogP contribution in [0.15, 0.2) is 212 Å². The zero-order valence-electron chi connectivity index (χ0n) is 38.8. The fourth-order valence-electron chi connectivity index (χ4n) is 11.5. The molecule has 1 aromatic heterocycles. The standard InChI is InChI=1S/C65H52N2/c1-63(2)56-28-14-12-22-52(56)54-26-16-24-50(60(54)63)44-30-32-46(33-31-44)58-41-59(67-62(66-58)49-39-47(42-18-8-6-9-19-42)38-48(40-49)43-20-10-7-11-21-43)65(5)36-34-45(35-37-65)51-25-17-27-55-53-23-13-15-29-57(53)64(3,4)61(51)55/h6-36,38-41H,37H2,1-5H3. The van der Waals surface area contributed by atoms with Crippen molar-refractivity contribution < 1.29 is 0 Å². The Labute approximate surface area is 395 Å². The van der Waals surface area contributed by atoms with Crippen LogP contribution in [0.3, 0.4) is 0 Å². The summed E-state index contributed by atoms with van der Waals surface area (Å²) in [5.74, 6) is 0.719. The van der Waals surface area contributed by atoms with E-state index in [9.17, 15) is 0 Å². The Hall–Kier alpha value is -7.68. The molecule has 0 saturated heterocycles. The van der Waals surface area contributed by atoms with Gasteiger partial charge in [-0.25, -0.2) is 9.97 Å². The molecule has 0 spiro atoms. The van der Waals surface area contributed by atoms with Gasteiger partial charge in [-0.1, -0.05) is 223 Å². The van der Waals surface area contributed by atoms with Crippen LogP contribution in [-0.2, 0) is 16.2 Å². The summed E-state index contributed by atoms with van der Waals surface area (Å²) >= 11 is 0. The van der Waals surface area contributed by atoms with E-state index in [1.807, 2.05) is 0 Å². The van der Waals surface area contributed by atoms with Crippen molar-refractivity contribution in [2.75, 3.05) is 0 Å². The summed E-state index contributed by atoms with van der Waals surface area (Å²) < 4.78 is 0. The van der Waals surface area contributed by atoms with Crippen molar-refractivity contribution in [2.45, 2.75) is 57.3 Å². The first-order chi connectivity index (χ1) is 32.6. The summed E-state index contributed by atoms with van der Waals surface area (Å²) in [7, 11) is 0. The molecule has 1 heterocycles. The third-order valence-electron chi connectivity index (χ3n) is 15.1. The van der Waals surface area contributed by atoms with Gasteiger partial charge in [0.1, 0.15) is 0 Å². The molecule has 2 nitrogen and oxygen atoms in total. The van der Waals surface area contributed by atoms with Gasteiger partial charge in [-0.15, -0.1) is 0 Å². The predicted molar refractivity (Wildman–Crippen MR) is 280 cm³/mol. The van der Waals surface area contributed by atoms with Crippen LogP contribution in [0.2, 0.25) is 0 Å². The number of allylic oxidation sites excluding steroid dienone is 4. The van der Waals surface area contributed by atoms with E-state index in [4.69, 9.17) is 9.97 Å². The molecule has 0 fully saturated rings. The minimum absolute atomic E-state index is 0.0986. The van der Waals surface area contributed by atoms with Crippen molar-refractivity contribution in [1.29, 1.82) is 0 Å². The number of rotatable bonds is 7. The molecule has 1 unspecified atom stereocenters. The number of benzene rings is 8. The largest absolute Gasteiger partial charge is 0.232 e. The van der Waals surface area contributed by atoms with Crippen molar-refractivity contribution in [2.24, 2.45) is 0 Å². The lowest BCUT2D eigenvalue weighted by molar-refractivity contribution is 0.579. The molecule has 2 heteroatoms. The van der Waals surface area contributed by atoms with Crippen LogP contribution in [0.25, 0.3) is 83.9 Å². The Morgan fingerprint density at radius 3 is 1.42 bits per heavy atom. The molecular formula is C65H52N2. The molecule has 9 aromatic rings. The van der Waals surface area contributed by atoms with Gasteiger partial charge in [-0.2, -0.15) is 0 Å². The van der Waals surface area contributed by atoms with Crippen molar-refractivity contribution in [3.05, 3.63) is 246 Å². The van der Waals surface area contributed by atoms with Gasteiger partial charge in [0.15, 0.2) is 5.82 Å². The first-order valence-corrected chi connectivity index (χ1v) is 23.7. The highest BCUT2D eigenvalue weighted by molar-refractivity contribution is 5.91. The normalized spacial score (nSPS) is 17.0. The number of hydrogen-bond acceptors (Lipinski definition) is 2. The predicted octanol–water partition coefficient (Wildman–Crippen LogP) is 16.7. The monoisotopic (exact) mass is 860 g/mol. The van der Waals surface area contributed by atoms with Crippen LogP contribution >= 0.6 is 0 Å². The molecule has 12 rings (SSSR count). The van der Waals surface area contributed by atoms with Crippen LogP contribution in [-0.4, -0.2) is 9.97 Å². The zero-order chi connectivity index (χ0) is 45.5. The molecule has 0 amide bonds. The second kappa shape index (κ2) is 15.5. The van der Waals surface area contributed by atoms with Crippen LogP contribution in [0.5, 0.6) is 0 Å². The van der Waals surface area contributed by atoms with Crippen molar-refractivity contribution >= 4 is 5.57 Å². The summed E-state index contributed by atoms with van der Waals surface area (Å²) in [5.41, 5.74) is 24.0. The van der Waals surface area contributed by atoms with E-state index in [2.05, 4.69) is 247 Å². The van der Waals surface area contributed by atoms with Gasteiger partial charge in [0, 0.05) is 27.4 Å². The lowest BCUT2D eigenvalue weighted by atomic mass is 9.74. The minimum Gasteiger partial charge on any atom is -0.232 e. The molecule has 3 aliphatic rings. The van der Waals surface area contributed by atoms with Gasteiger partial charge < -0.3 is 0 Å². The summed E-state index contributed by atoms with van der Waals surface area (Å²) in [6.45, 7) is 11.8. The molecular weight excluding hydrogens is 809 g/mol. The third kappa shape index (κ3) is 6.69. The highest BCUT2D eigenvalue weighted by atomic mass is 14.9. The first kappa shape index (κ1) is 40.8. The van der Waals surface area contributed by atoms with Gasteiger partial charge in [0.2, 0.25) is 0 Å². The molecule has 3 aliphatic carbocycles. The first-order valence-electron chi connectivity index (χ1n) is 23.7. The zero-order valence-corrected chi connectivity index (χ0v) is 38.8. The van der Waals surface area contributed by atoms with Crippen LogP contribution < -0.4 is 0 Å². The SMILES string of the molecule is CC1(c2cc(-c3ccc(-c4cccc5c4C(C)(C)c4ccccc4-5)cc3)nc(-c3cc(-c4ccccc4)cc(-c4ccccc4)c3)n2)C=CC(c2cccc3c2C(C)(C)c2ccccc2-3)=CC1. The lowest BCUT2D eigenvalue weighted by Gasteiger charge is -2.30. The number of fused-ring (bicyclic) bond motifs is 6. The van der Waals surface area contributed by atoms with Crippen LogP contribution in [0.4, 0.5) is 0 Å². The highest BCUT2D eigenvalue weighted by Gasteiger charge is 2.39. The maximum Gasteiger partial charge on any atom is 0.160 e. The van der Waals surface area contributed by atoms with E-state index in [1.165, 1.54) is 66.8 Å². The van der Waals surface area contributed by atoms with Gasteiger partial charge >= 0.3 is 0 Å². The Morgan fingerprint density at radius 1 is 0.373 bits per heavy atom. The summed E-state index contributed by atoms with van der Waals surface area (Å²) in [4.78, 5) is 11.0. The Bertz CT molecular complexity index is 3420. The summed E-state index contributed by atoms with van der Waals surface area (Å²) in [6, 6.07) is 70.8. The molecule has 8 aromatic carbocycles. The Kier molecular flexibility index (Phi) is 9.42. The van der Waals surface area contributed by atoms with Crippen molar-refractivity contribution in [3.8, 4) is 78.3 Å².